The molecule has 2 aromatic rings. The number of hydrogen-bond donors (Lipinski definition) is 0. The number of benzene rings is 2. The van der Waals surface area contributed by atoms with Crippen LogP contribution in [0.15, 0.2) is 48.5 Å². The molecule has 2 atom stereocenters. The molecule has 0 N–H and O–H groups in total. The van der Waals surface area contributed by atoms with Gasteiger partial charge in [-0.05, 0) is 26.0 Å². The number of hydrogen-bond acceptors (Lipinski definition) is 2. The van der Waals surface area contributed by atoms with Gasteiger partial charge in [0.25, 0.3) is 0 Å². The van der Waals surface area contributed by atoms with Crippen molar-refractivity contribution in [1.82, 2.24) is 0 Å². The number of sulfone groups is 1. The zero-order chi connectivity index (χ0) is 15.6. The van der Waals surface area contributed by atoms with E-state index < -0.39 is 32.0 Å². The van der Waals surface area contributed by atoms with E-state index in [0.29, 0.717) is 0 Å². The predicted molar refractivity (Wildman–Crippen MR) is 78.5 cm³/mol. The summed E-state index contributed by atoms with van der Waals surface area (Å²) in [7, 11) is -3.77. The van der Waals surface area contributed by atoms with Gasteiger partial charge in [0.1, 0.15) is 11.6 Å². The van der Waals surface area contributed by atoms with Crippen LogP contribution in [0.2, 0.25) is 0 Å². The highest BCUT2D eigenvalue weighted by atomic mass is 32.2. The first-order valence-electron chi connectivity index (χ1n) is 6.57. The van der Waals surface area contributed by atoms with Crippen molar-refractivity contribution in [2.75, 3.05) is 0 Å². The average molecular weight is 310 g/mol. The Morgan fingerprint density at radius 2 is 1.10 bits per heavy atom. The molecule has 0 aromatic heterocycles. The van der Waals surface area contributed by atoms with Crippen LogP contribution in [0, 0.1) is 11.6 Å². The zero-order valence-electron chi connectivity index (χ0n) is 11.8. The van der Waals surface area contributed by atoms with Gasteiger partial charge in [0, 0.05) is 11.1 Å². The van der Waals surface area contributed by atoms with Crippen molar-refractivity contribution < 1.29 is 17.2 Å². The maximum atomic E-state index is 13.8. The Balaban J connectivity index is 2.43. The molecule has 0 saturated carbocycles. The van der Waals surface area contributed by atoms with Crippen LogP contribution in [0.3, 0.4) is 0 Å². The van der Waals surface area contributed by atoms with Gasteiger partial charge in [0.15, 0.2) is 9.84 Å². The van der Waals surface area contributed by atoms with Gasteiger partial charge in [-0.3, -0.25) is 0 Å². The molecule has 0 saturated heterocycles. The molecule has 21 heavy (non-hydrogen) atoms. The normalized spacial score (nSPS) is 14.7. The second kappa shape index (κ2) is 5.93. The van der Waals surface area contributed by atoms with Gasteiger partial charge in [0.2, 0.25) is 0 Å². The molecule has 112 valence electrons. The molecule has 0 aliphatic carbocycles. The minimum absolute atomic E-state index is 0.0979. The van der Waals surface area contributed by atoms with Crippen molar-refractivity contribution in [1.29, 1.82) is 0 Å². The van der Waals surface area contributed by atoms with E-state index in [1.165, 1.54) is 50.2 Å². The van der Waals surface area contributed by atoms with E-state index in [1.807, 2.05) is 0 Å². The molecule has 2 nitrogen and oxygen atoms in total. The standard InChI is InChI=1S/C16H16F2O2S/c1-11(13-7-3-5-9-15(13)17)21(19,20)12(2)14-8-4-6-10-16(14)18/h3-12H,1-2H3. The lowest BCUT2D eigenvalue weighted by Gasteiger charge is -2.20. The fourth-order valence-electron chi connectivity index (χ4n) is 2.27. The second-order valence-electron chi connectivity index (χ2n) is 4.92. The van der Waals surface area contributed by atoms with Crippen molar-refractivity contribution in [2.24, 2.45) is 0 Å². The summed E-state index contributed by atoms with van der Waals surface area (Å²) in [5.74, 6) is -1.15. The van der Waals surface area contributed by atoms with Gasteiger partial charge in [-0.25, -0.2) is 17.2 Å². The first kappa shape index (κ1) is 15.6. The van der Waals surface area contributed by atoms with Crippen LogP contribution in [-0.2, 0) is 9.84 Å². The van der Waals surface area contributed by atoms with Crippen LogP contribution in [0.4, 0.5) is 8.78 Å². The van der Waals surface area contributed by atoms with E-state index in [9.17, 15) is 17.2 Å². The third-order valence-electron chi connectivity index (χ3n) is 3.67. The highest BCUT2D eigenvalue weighted by Crippen LogP contribution is 2.35. The lowest BCUT2D eigenvalue weighted by atomic mass is 10.1. The van der Waals surface area contributed by atoms with Crippen molar-refractivity contribution in [2.45, 2.75) is 24.3 Å². The van der Waals surface area contributed by atoms with E-state index in [-0.39, 0.29) is 11.1 Å². The molecule has 2 aromatic carbocycles. The van der Waals surface area contributed by atoms with Crippen LogP contribution in [0.1, 0.15) is 35.5 Å². The van der Waals surface area contributed by atoms with Crippen LogP contribution in [-0.4, -0.2) is 8.42 Å². The van der Waals surface area contributed by atoms with Gasteiger partial charge in [-0.2, -0.15) is 0 Å². The van der Waals surface area contributed by atoms with Crippen molar-refractivity contribution in [3.63, 3.8) is 0 Å². The Hall–Kier alpha value is -1.75. The van der Waals surface area contributed by atoms with Gasteiger partial charge >= 0.3 is 0 Å². The Labute approximate surface area is 123 Å². The monoisotopic (exact) mass is 310 g/mol. The SMILES string of the molecule is CC(c1ccccc1F)S(=O)(=O)C(C)c1ccccc1F. The molecule has 0 fully saturated rings. The molecule has 2 rings (SSSR count). The quantitative estimate of drug-likeness (QED) is 0.848. The van der Waals surface area contributed by atoms with Crippen molar-refractivity contribution >= 4 is 9.84 Å². The predicted octanol–water partition coefficient (Wildman–Crippen LogP) is 4.20. The smallest absolute Gasteiger partial charge is 0.163 e. The highest BCUT2D eigenvalue weighted by molar-refractivity contribution is 7.91. The summed E-state index contributed by atoms with van der Waals surface area (Å²) in [6.45, 7) is 2.84. The molecule has 5 heteroatoms. The topological polar surface area (TPSA) is 34.1 Å². The summed E-state index contributed by atoms with van der Waals surface area (Å²) in [6, 6.07) is 11.5. The fourth-order valence-corrected chi connectivity index (χ4v) is 3.97. The third kappa shape index (κ3) is 2.97. The van der Waals surface area contributed by atoms with Crippen LogP contribution < -0.4 is 0 Å². The highest BCUT2D eigenvalue weighted by Gasteiger charge is 2.32. The second-order valence-corrected chi connectivity index (χ2v) is 7.51. The van der Waals surface area contributed by atoms with Crippen molar-refractivity contribution in [3.05, 3.63) is 71.3 Å². The molecule has 0 heterocycles. The van der Waals surface area contributed by atoms with Crippen LogP contribution in [0.25, 0.3) is 0 Å². The Kier molecular flexibility index (Phi) is 4.42. The minimum atomic E-state index is -3.77. The summed E-state index contributed by atoms with van der Waals surface area (Å²) >= 11 is 0. The Morgan fingerprint density at radius 1 is 0.762 bits per heavy atom. The molecule has 2 unspecified atom stereocenters. The fraction of sp³-hybridized carbons (Fsp3) is 0.250. The molecule has 0 bridgehead atoms. The Morgan fingerprint density at radius 3 is 1.43 bits per heavy atom. The van der Waals surface area contributed by atoms with E-state index in [4.69, 9.17) is 0 Å². The van der Waals surface area contributed by atoms with Crippen LogP contribution >= 0.6 is 0 Å². The van der Waals surface area contributed by atoms with Gasteiger partial charge in [-0.1, -0.05) is 36.4 Å². The third-order valence-corrected chi connectivity index (χ3v) is 6.15. The summed E-state index contributed by atoms with van der Waals surface area (Å²) in [5, 5.41) is -2.10. The molecule has 0 spiro atoms. The maximum Gasteiger partial charge on any atom is 0.163 e. The summed E-state index contributed by atoms with van der Waals surface area (Å²) in [4.78, 5) is 0. The van der Waals surface area contributed by atoms with Gasteiger partial charge in [0.05, 0.1) is 10.5 Å². The average Bonchev–Trinajstić information content (AvgIpc) is 2.47. The maximum absolute atomic E-state index is 13.8. The van der Waals surface area contributed by atoms with Crippen LogP contribution in [0.5, 0.6) is 0 Å². The van der Waals surface area contributed by atoms with E-state index in [2.05, 4.69) is 0 Å². The van der Waals surface area contributed by atoms with E-state index >= 15 is 0 Å². The van der Waals surface area contributed by atoms with Gasteiger partial charge in [-0.15, -0.1) is 0 Å². The molecule has 0 aliphatic rings. The zero-order valence-corrected chi connectivity index (χ0v) is 12.6. The lowest BCUT2D eigenvalue weighted by Crippen LogP contribution is -2.18. The lowest BCUT2D eigenvalue weighted by molar-refractivity contribution is 0.558. The number of halogens is 2. The summed E-state index contributed by atoms with van der Waals surface area (Å²) in [5.41, 5.74) is 0.196. The summed E-state index contributed by atoms with van der Waals surface area (Å²) < 4.78 is 52.8. The molecule has 0 aliphatic heterocycles. The van der Waals surface area contributed by atoms with Gasteiger partial charge < -0.3 is 0 Å². The first-order chi connectivity index (χ1) is 9.85. The molecular formula is C16H16F2O2S. The molecular weight excluding hydrogens is 294 g/mol. The van der Waals surface area contributed by atoms with Crippen molar-refractivity contribution in [3.8, 4) is 0 Å². The molecule has 0 radical (unpaired) electrons. The number of rotatable bonds is 4. The Bertz CT molecular complexity index is 684. The van der Waals surface area contributed by atoms with E-state index in [1.54, 1.807) is 12.1 Å². The minimum Gasteiger partial charge on any atom is -0.228 e. The largest absolute Gasteiger partial charge is 0.228 e. The first-order valence-corrected chi connectivity index (χ1v) is 8.18. The summed E-state index contributed by atoms with van der Waals surface area (Å²) in [6.07, 6.45) is 0. The van der Waals surface area contributed by atoms with E-state index in [0.717, 1.165) is 0 Å². The molecule has 0 amide bonds.